The first-order chi connectivity index (χ1) is 11.9. The lowest BCUT2D eigenvalue weighted by atomic mass is 9.99. The molecule has 1 aromatic carbocycles. The van der Waals surface area contributed by atoms with Gasteiger partial charge in [-0.05, 0) is 49.9 Å². The van der Waals surface area contributed by atoms with Crippen LogP contribution in [0.1, 0.15) is 48.6 Å². The van der Waals surface area contributed by atoms with Crippen LogP contribution < -0.4 is 11.1 Å². The Hall–Kier alpha value is -1.66. The summed E-state index contributed by atoms with van der Waals surface area (Å²) < 4.78 is 1.07. The maximum Gasteiger partial charge on any atom is 0.222 e. The second kappa shape index (κ2) is 9.15. The minimum Gasteiger partial charge on any atom is -0.396 e. The highest BCUT2D eigenvalue weighted by molar-refractivity contribution is 9.10. The van der Waals surface area contributed by atoms with E-state index in [1.54, 1.807) is 0 Å². The molecule has 25 heavy (non-hydrogen) atoms. The minimum absolute atomic E-state index is 0.151. The Morgan fingerprint density at radius 1 is 1.24 bits per heavy atom. The molecular formula is C19H27BrN4O. The fourth-order valence-corrected chi connectivity index (χ4v) is 3.46. The van der Waals surface area contributed by atoms with Gasteiger partial charge in [0.05, 0.1) is 0 Å². The predicted molar refractivity (Wildman–Crippen MR) is 107 cm³/mol. The van der Waals surface area contributed by atoms with Crippen molar-refractivity contribution < 1.29 is 5.11 Å². The second-order valence-electron chi connectivity index (χ2n) is 6.38. The largest absolute Gasteiger partial charge is 0.396 e. The van der Waals surface area contributed by atoms with Crippen molar-refractivity contribution in [3.05, 3.63) is 45.1 Å². The molecule has 4 N–H and O–H groups in total. The number of aliphatic hydroxyl groups is 1. The highest BCUT2D eigenvalue weighted by Gasteiger charge is 2.16. The maximum atomic E-state index is 9.32. The molecule has 136 valence electrons. The summed E-state index contributed by atoms with van der Waals surface area (Å²) in [5, 5.41) is 12.8. The van der Waals surface area contributed by atoms with Crippen LogP contribution in [0.3, 0.4) is 0 Å². The van der Waals surface area contributed by atoms with Gasteiger partial charge in [-0.1, -0.05) is 35.3 Å². The number of aliphatic hydroxyl groups excluding tert-OH is 1. The SMILES string of the molecule is CCC[C@@H](CCO)Nc1nc(N)nc(C)c1Cc1ccc(Br)cc1C. The van der Waals surface area contributed by atoms with E-state index in [-0.39, 0.29) is 18.6 Å². The van der Waals surface area contributed by atoms with Crippen LogP contribution in [0.15, 0.2) is 22.7 Å². The molecule has 2 aromatic rings. The quantitative estimate of drug-likeness (QED) is 0.616. The number of nitrogen functional groups attached to an aromatic ring is 1. The third kappa shape index (κ3) is 5.41. The van der Waals surface area contributed by atoms with Crippen LogP contribution in [-0.4, -0.2) is 27.7 Å². The van der Waals surface area contributed by atoms with Crippen molar-refractivity contribution in [2.24, 2.45) is 0 Å². The average molecular weight is 407 g/mol. The van der Waals surface area contributed by atoms with Crippen LogP contribution >= 0.6 is 15.9 Å². The smallest absolute Gasteiger partial charge is 0.222 e. The Bertz CT molecular complexity index is 715. The van der Waals surface area contributed by atoms with Gasteiger partial charge in [0.25, 0.3) is 0 Å². The van der Waals surface area contributed by atoms with Gasteiger partial charge < -0.3 is 16.2 Å². The highest BCUT2D eigenvalue weighted by Crippen LogP contribution is 2.25. The summed E-state index contributed by atoms with van der Waals surface area (Å²) in [4.78, 5) is 8.79. The zero-order chi connectivity index (χ0) is 18.4. The molecule has 6 heteroatoms. The van der Waals surface area contributed by atoms with Crippen LogP contribution in [-0.2, 0) is 6.42 Å². The third-order valence-electron chi connectivity index (χ3n) is 4.36. The number of hydrogen-bond acceptors (Lipinski definition) is 5. The molecular weight excluding hydrogens is 380 g/mol. The number of halogens is 1. The first kappa shape index (κ1) is 19.7. The van der Waals surface area contributed by atoms with Gasteiger partial charge in [-0.15, -0.1) is 0 Å². The molecule has 0 amide bonds. The number of hydrogen-bond donors (Lipinski definition) is 3. The Balaban J connectivity index is 2.35. The number of nitrogens with zero attached hydrogens (tertiary/aromatic N) is 2. The fourth-order valence-electron chi connectivity index (χ4n) is 2.98. The number of nitrogens with one attached hydrogen (secondary N) is 1. The number of nitrogens with two attached hydrogens (primary N) is 1. The predicted octanol–water partition coefficient (Wildman–Crippen LogP) is 3.99. The molecule has 1 atom stereocenters. The van der Waals surface area contributed by atoms with Crippen molar-refractivity contribution in [1.82, 2.24) is 9.97 Å². The number of aromatic nitrogens is 2. The first-order valence-corrected chi connectivity index (χ1v) is 9.49. The zero-order valence-electron chi connectivity index (χ0n) is 15.1. The molecule has 0 unspecified atom stereocenters. The van der Waals surface area contributed by atoms with Crippen LogP contribution in [0.25, 0.3) is 0 Å². The Kier molecular flexibility index (Phi) is 7.20. The second-order valence-corrected chi connectivity index (χ2v) is 7.30. The van der Waals surface area contributed by atoms with Gasteiger partial charge in [0, 0.05) is 34.8 Å². The van der Waals surface area contributed by atoms with Gasteiger partial charge in [0.15, 0.2) is 0 Å². The number of aryl methyl sites for hydroxylation is 2. The van der Waals surface area contributed by atoms with Crippen LogP contribution in [0.5, 0.6) is 0 Å². The summed E-state index contributed by atoms with van der Waals surface area (Å²) in [6, 6.07) is 6.46. The summed E-state index contributed by atoms with van der Waals surface area (Å²) in [5.74, 6) is 1.05. The molecule has 0 bridgehead atoms. The third-order valence-corrected chi connectivity index (χ3v) is 4.85. The van der Waals surface area contributed by atoms with Gasteiger partial charge in [-0.2, -0.15) is 4.98 Å². The van der Waals surface area contributed by atoms with Gasteiger partial charge in [0.1, 0.15) is 5.82 Å². The normalized spacial score (nSPS) is 12.2. The zero-order valence-corrected chi connectivity index (χ0v) is 16.7. The van der Waals surface area contributed by atoms with Crippen molar-refractivity contribution in [2.45, 2.75) is 52.5 Å². The molecule has 0 aliphatic rings. The number of anilines is 2. The van der Waals surface area contributed by atoms with Gasteiger partial charge in [0.2, 0.25) is 5.95 Å². The van der Waals surface area contributed by atoms with E-state index in [4.69, 9.17) is 5.73 Å². The molecule has 0 saturated carbocycles. The van der Waals surface area contributed by atoms with Crippen molar-refractivity contribution in [3.63, 3.8) is 0 Å². The molecule has 1 heterocycles. The minimum atomic E-state index is 0.151. The van der Waals surface area contributed by atoms with Crippen LogP contribution in [0.4, 0.5) is 11.8 Å². The van der Waals surface area contributed by atoms with E-state index in [1.165, 1.54) is 11.1 Å². The molecule has 0 radical (unpaired) electrons. The van der Waals surface area contributed by atoms with Gasteiger partial charge in [-0.25, -0.2) is 4.98 Å². The highest BCUT2D eigenvalue weighted by atomic mass is 79.9. The van der Waals surface area contributed by atoms with Crippen molar-refractivity contribution in [2.75, 3.05) is 17.7 Å². The van der Waals surface area contributed by atoms with E-state index in [0.29, 0.717) is 6.42 Å². The summed E-state index contributed by atoms with van der Waals surface area (Å²) in [5.41, 5.74) is 10.3. The molecule has 0 fully saturated rings. The van der Waals surface area contributed by atoms with E-state index in [2.05, 4.69) is 63.3 Å². The standard InChI is InChI=1S/C19H27BrN4O/c1-4-5-16(8-9-25)23-18-17(13(3)22-19(21)24-18)11-14-6-7-15(20)10-12(14)2/h6-7,10,16,25H,4-5,8-9,11H2,1-3H3,(H3,21,22,23,24)/t16-/m0/s1. The van der Waals surface area contributed by atoms with Crippen LogP contribution in [0, 0.1) is 13.8 Å². The summed E-state index contributed by atoms with van der Waals surface area (Å²) in [7, 11) is 0. The molecule has 1 aromatic heterocycles. The van der Waals surface area contributed by atoms with Crippen molar-refractivity contribution in [1.29, 1.82) is 0 Å². The summed E-state index contributed by atoms with van der Waals surface area (Å²) in [6.07, 6.45) is 3.44. The number of rotatable bonds is 8. The summed E-state index contributed by atoms with van der Waals surface area (Å²) in [6.45, 7) is 6.36. The number of benzene rings is 1. The molecule has 0 aliphatic heterocycles. The van der Waals surface area contributed by atoms with E-state index < -0.39 is 0 Å². The van der Waals surface area contributed by atoms with E-state index in [9.17, 15) is 5.11 Å². The first-order valence-electron chi connectivity index (χ1n) is 8.70. The van der Waals surface area contributed by atoms with Crippen molar-refractivity contribution >= 4 is 27.7 Å². The van der Waals surface area contributed by atoms with Gasteiger partial charge >= 0.3 is 0 Å². The fraction of sp³-hybridized carbons (Fsp3) is 0.474. The monoisotopic (exact) mass is 406 g/mol. The topological polar surface area (TPSA) is 84.1 Å². The average Bonchev–Trinajstić information content (AvgIpc) is 2.53. The van der Waals surface area contributed by atoms with Crippen LogP contribution in [0.2, 0.25) is 0 Å². The van der Waals surface area contributed by atoms with E-state index >= 15 is 0 Å². The van der Waals surface area contributed by atoms with E-state index in [0.717, 1.165) is 40.8 Å². The molecule has 0 saturated heterocycles. The molecule has 2 rings (SSSR count). The summed E-state index contributed by atoms with van der Waals surface area (Å²) >= 11 is 3.51. The lowest BCUT2D eigenvalue weighted by Crippen LogP contribution is -2.23. The van der Waals surface area contributed by atoms with Gasteiger partial charge in [-0.3, -0.25) is 0 Å². The Morgan fingerprint density at radius 3 is 2.64 bits per heavy atom. The van der Waals surface area contributed by atoms with E-state index in [1.807, 2.05) is 6.92 Å². The molecule has 5 nitrogen and oxygen atoms in total. The maximum absolute atomic E-state index is 9.32. The molecule has 0 spiro atoms. The lowest BCUT2D eigenvalue weighted by Gasteiger charge is -2.21. The Morgan fingerprint density at radius 2 is 2.00 bits per heavy atom. The lowest BCUT2D eigenvalue weighted by molar-refractivity contribution is 0.276. The van der Waals surface area contributed by atoms with Crippen molar-refractivity contribution in [3.8, 4) is 0 Å². The Labute approximate surface area is 158 Å². The molecule has 0 aliphatic carbocycles.